The van der Waals surface area contributed by atoms with Crippen LogP contribution in [0.3, 0.4) is 0 Å². The molecule has 2 aromatic carbocycles. The number of rotatable bonds is 5. The van der Waals surface area contributed by atoms with E-state index in [0.717, 1.165) is 5.56 Å². The van der Waals surface area contributed by atoms with E-state index in [1.165, 1.54) is 33.4 Å². The van der Waals surface area contributed by atoms with Gasteiger partial charge in [0.2, 0.25) is 0 Å². The molecular weight excluding hydrogens is 397 g/mol. The third-order valence-corrected chi connectivity index (χ3v) is 5.24. The van der Waals surface area contributed by atoms with Gasteiger partial charge in [-0.05, 0) is 42.7 Å². The molecule has 0 fully saturated rings. The highest BCUT2D eigenvalue weighted by molar-refractivity contribution is 6.02. The van der Waals surface area contributed by atoms with E-state index in [1.807, 2.05) is 24.3 Å². The van der Waals surface area contributed by atoms with Crippen LogP contribution in [-0.2, 0) is 6.54 Å². The van der Waals surface area contributed by atoms with Gasteiger partial charge in [0.1, 0.15) is 11.3 Å². The lowest BCUT2D eigenvalue weighted by molar-refractivity contribution is 0.0997. The van der Waals surface area contributed by atoms with E-state index in [9.17, 15) is 14.0 Å². The van der Waals surface area contributed by atoms with Crippen molar-refractivity contribution in [2.75, 3.05) is 0 Å². The zero-order valence-corrected chi connectivity index (χ0v) is 17.5. The predicted octanol–water partition coefficient (Wildman–Crippen LogP) is 3.63. The van der Waals surface area contributed by atoms with E-state index in [-0.39, 0.29) is 29.2 Å². The molecule has 0 saturated heterocycles. The first-order valence-corrected chi connectivity index (χ1v) is 10.0. The van der Waals surface area contributed by atoms with Crippen molar-refractivity contribution >= 4 is 17.1 Å². The third kappa shape index (κ3) is 3.50. The number of hydrogen-bond acceptors (Lipinski definition) is 4. The second-order valence-electron chi connectivity index (χ2n) is 7.55. The molecule has 0 spiro atoms. The van der Waals surface area contributed by atoms with Crippen molar-refractivity contribution in [1.82, 2.24) is 19.1 Å². The van der Waals surface area contributed by atoms with Crippen LogP contribution < -0.4 is 11.4 Å². The second kappa shape index (κ2) is 7.79. The SMILES string of the molecule is CCn1c(=O)n(-c2ccc(F)cc2)c2nc(-c3ccc(C(C)C)cc3)nc(C(N)=O)c21. The monoisotopic (exact) mass is 419 g/mol. The minimum Gasteiger partial charge on any atom is -0.364 e. The van der Waals surface area contributed by atoms with Crippen molar-refractivity contribution in [1.29, 1.82) is 0 Å². The molecule has 0 saturated carbocycles. The Balaban J connectivity index is 2.05. The Labute approximate surface area is 178 Å². The van der Waals surface area contributed by atoms with Crippen LogP contribution in [0, 0.1) is 5.82 Å². The molecule has 158 valence electrons. The highest BCUT2D eigenvalue weighted by Gasteiger charge is 2.23. The maximum Gasteiger partial charge on any atom is 0.335 e. The zero-order chi connectivity index (χ0) is 22.3. The van der Waals surface area contributed by atoms with E-state index in [2.05, 4.69) is 23.8 Å². The van der Waals surface area contributed by atoms with Crippen molar-refractivity contribution in [3.05, 3.63) is 76.1 Å². The summed E-state index contributed by atoms with van der Waals surface area (Å²) >= 11 is 0. The molecule has 4 rings (SSSR count). The van der Waals surface area contributed by atoms with Crippen molar-refractivity contribution < 1.29 is 9.18 Å². The Morgan fingerprint density at radius 1 is 1.06 bits per heavy atom. The Morgan fingerprint density at radius 3 is 2.26 bits per heavy atom. The molecule has 0 aliphatic rings. The predicted molar refractivity (Wildman–Crippen MR) is 117 cm³/mol. The lowest BCUT2D eigenvalue weighted by Crippen LogP contribution is -2.23. The number of nitrogens with two attached hydrogens (primary N) is 1. The summed E-state index contributed by atoms with van der Waals surface area (Å²) in [6, 6.07) is 13.2. The van der Waals surface area contributed by atoms with Crippen LogP contribution in [0.1, 0.15) is 42.7 Å². The average molecular weight is 419 g/mol. The molecular formula is C23H22FN5O2. The van der Waals surface area contributed by atoms with E-state index in [1.54, 1.807) is 6.92 Å². The lowest BCUT2D eigenvalue weighted by atomic mass is 10.0. The third-order valence-electron chi connectivity index (χ3n) is 5.24. The van der Waals surface area contributed by atoms with Gasteiger partial charge in [0.15, 0.2) is 17.2 Å². The summed E-state index contributed by atoms with van der Waals surface area (Å²) in [5.41, 5.74) is 7.96. The molecule has 2 heterocycles. The van der Waals surface area contributed by atoms with Gasteiger partial charge >= 0.3 is 5.69 Å². The number of aromatic nitrogens is 4. The molecule has 0 aliphatic carbocycles. The number of amides is 1. The van der Waals surface area contributed by atoms with Gasteiger partial charge in [0.05, 0.1) is 5.69 Å². The number of carbonyl (C=O) groups excluding carboxylic acids is 1. The fraction of sp³-hybridized carbons (Fsp3) is 0.217. The maximum absolute atomic E-state index is 13.5. The van der Waals surface area contributed by atoms with Crippen molar-refractivity contribution in [3.8, 4) is 17.1 Å². The molecule has 0 radical (unpaired) electrons. The Bertz CT molecular complexity index is 1340. The Hall–Kier alpha value is -3.81. The van der Waals surface area contributed by atoms with E-state index in [0.29, 0.717) is 17.2 Å². The summed E-state index contributed by atoms with van der Waals surface area (Å²) in [5, 5.41) is 0. The minimum absolute atomic E-state index is 0.0345. The quantitative estimate of drug-likeness (QED) is 0.534. The first kappa shape index (κ1) is 20.5. The van der Waals surface area contributed by atoms with Crippen LogP contribution in [-0.4, -0.2) is 25.0 Å². The molecule has 31 heavy (non-hydrogen) atoms. The molecule has 0 aliphatic heterocycles. The number of hydrogen-bond donors (Lipinski definition) is 1. The summed E-state index contributed by atoms with van der Waals surface area (Å²) in [4.78, 5) is 34.4. The fourth-order valence-corrected chi connectivity index (χ4v) is 3.59. The first-order valence-electron chi connectivity index (χ1n) is 10.0. The van der Waals surface area contributed by atoms with Crippen LogP contribution in [0.15, 0.2) is 53.3 Å². The standard InChI is InChI=1S/C23H22FN5O2/c1-4-28-19-18(20(25)30)26-21(15-7-5-14(6-8-15)13(2)3)27-22(19)29(23(28)31)17-11-9-16(24)10-12-17/h5-13H,4H2,1-3H3,(H2,25,30). The molecule has 4 aromatic rings. The molecule has 8 heteroatoms. The number of imidazole rings is 1. The van der Waals surface area contributed by atoms with Crippen molar-refractivity contribution in [2.24, 2.45) is 5.73 Å². The minimum atomic E-state index is -0.758. The van der Waals surface area contributed by atoms with Crippen molar-refractivity contribution in [3.63, 3.8) is 0 Å². The number of benzene rings is 2. The van der Waals surface area contributed by atoms with Gasteiger partial charge in [-0.1, -0.05) is 38.1 Å². The number of nitrogens with zero attached hydrogens (tertiary/aromatic N) is 4. The van der Waals surface area contributed by atoms with E-state index >= 15 is 0 Å². The summed E-state index contributed by atoms with van der Waals surface area (Å²) < 4.78 is 16.2. The molecule has 7 nitrogen and oxygen atoms in total. The second-order valence-corrected chi connectivity index (χ2v) is 7.55. The Morgan fingerprint density at radius 2 is 1.71 bits per heavy atom. The maximum atomic E-state index is 13.5. The average Bonchev–Trinajstić information content (AvgIpc) is 3.04. The van der Waals surface area contributed by atoms with Gasteiger partial charge in [-0.3, -0.25) is 9.36 Å². The van der Waals surface area contributed by atoms with Gasteiger partial charge < -0.3 is 5.73 Å². The van der Waals surface area contributed by atoms with Crippen LogP contribution in [0.2, 0.25) is 0 Å². The highest BCUT2D eigenvalue weighted by Crippen LogP contribution is 2.25. The number of halogens is 1. The van der Waals surface area contributed by atoms with Gasteiger partial charge in [0.25, 0.3) is 5.91 Å². The summed E-state index contributed by atoms with van der Waals surface area (Å²) in [7, 11) is 0. The largest absolute Gasteiger partial charge is 0.364 e. The summed E-state index contributed by atoms with van der Waals surface area (Å²) in [5.74, 6) is -0.540. The zero-order valence-electron chi connectivity index (χ0n) is 17.5. The van der Waals surface area contributed by atoms with Crippen molar-refractivity contribution in [2.45, 2.75) is 33.2 Å². The summed E-state index contributed by atoms with van der Waals surface area (Å²) in [6.07, 6.45) is 0. The van der Waals surface area contributed by atoms with Crippen LogP contribution in [0.25, 0.3) is 28.2 Å². The number of carbonyl (C=O) groups is 1. The molecule has 0 atom stereocenters. The Kier molecular flexibility index (Phi) is 5.14. The van der Waals surface area contributed by atoms with Gasteiger partial charge in [0, 0.05) is 12.1 Å². The van der Waals surface area contributed by atoms with Gasteiger partial charge in [-0.2, -0.15) is 0 Å². The van der Waals surface area contributed by atoms with Crippen LogP contribution in [0.4, 0.5) is 4.39 Å². The number of aryl methyl sites for hydroxylation is 1. The smallest absolute Gasteiger partial charge is 0.335 e. The first-order chi connectivity index (χ1) is 14.8. The van der Waals surface area contributed by atoms with Gasteiger partial charge in [-0.25, -0.2) is 23.7 Å². The van der Waals surface area contributed by atoms with Gasteiger partial charge in [-0.15, -0.1) is 0 Å². The lowest BCUT2D eigenvalue weighted by Gasteiger charge is -2.09. The molecule has 2 aromatic heterocycles. The molecule has 0 bridgehead atoms. The number of primary amides is 1. The highest BCUT2D eigenvalue weighted by atomic mass is 19.1. The molecule has 2 N–H and O–H groups in total. The fourth-order valence-electron chi connectivity index (χ4n) is 3.59. The van der Waals surface area contributed by atoms with E-state index in [4.69, 9.17) is 5.73 Å². The topological polar surface area (TPSA) is 95.8 Å². The number of fused-ring (bicyclic) bond motifs is 1. The van der Waals surface area contributed by atoms with Crippen LogP contribution in [0.5, 0.6) is 0 Å². The molecule has 1 amide bonds. The normalized spacial score (nSPS) is 11.4. The van der Waals surface area contributed by atoms with E-state index < -0.39 is 17.4 Å². The van der Waals surface area contributed by atoms with Crippen LogP contribution >= 0.6 is 0 Å². The molecule has 0 unspecified atom stereocenters. The summed E-state index contributed by atoms with van der Waals surface area (Å²) in [6.45, 7) is 6.25.